The number of halogens is 1. The van der Waals surface area contributed by atoms with E-state index in [1.807, 2.05) is 0 Å². The molecule has 1 aromatic heterocycles. The van der Waals surface area contributed by atoms with Crippen LogP contribution in [0.15, 0.2) is 40.1 Å². The first-order valence-corrected chi connectivity index (χ1v) is 5.98. The van der Waals surface area contributed by atoms with Crippen LogP contribution in [0.1, 0.15) is 25.5 Å². The van der Waals surface area contributed by atoms with Gasteiger partial charge in [-0.3, -0.25) is 14.2 Å². The van der Waals surface area contributed by atoms with Crippen LogP contribution in [0, 0.1) is 5.82 Å². The van der Waals surface area contributed by atoms with Gasteiger partial charge in [-0.1, -0.05) is 0 Å². The molecule has 20 heavy (non-hydrogen) atoms. The molecule has 2 rings (SSSR count). The van der Waals surface area contributed by atoms with Crippen molar-refractivity contribution in [3.8, 4) is 5.69 Å². The number of rotatable bonds is 3. The summed E-state index contributed by atoms with van der Waals surface area (Å²) in [6.07, 6.45) is 2.71. The van der Waals surface area contributed by atoms with Crippen molar-refractivity contribution in [3.63, 3.8) is 0 Å². The van der Waals surface area contributed by atoms with Crippen molar-refractivity contribution < 1.29 is 9.18 Å². The van der Waals surface area contributed by atoms with E-state index in [4.69, 9.17) is 0 Å². The van der Waals surface area contributed by atoms with Gasteiger partial charge in [0, 0.05) is 12.2 Å². The Balaban J connectivity index is 2.84. The predicted molar refractivity (Wildman–Crippen MR) is 71.4 cm³/mol. The molecule has 2 aromatic rings. The minimum absolute atomic E-state index is 0.202. The molecule has 0 spiro atoms. The highest BCUT2D eigenvalue weighted by Gasteiger charge is 2.14. The molecule has 0 atom stereocenters. The lowest BCUT2D eigenvalue weighted by atomic mass is 10.2. The number of benzene rings is 1. The summed E-state index contributed by atoms with van der Waals surface area (Å²) in [6, 6.07) is 4.65. The summed E-state index contributed by atoms with van der Waals surface area (Å²) < 4.78 is 15.0. The van der Waals surface area contributed by atoms with E-state index >= 15 is 0 Å². The van der Waals surface area contributed by atoms with Gasteiger partial charge >= 0.3 is 5.69 Å². The van der Waals surface area contributed by atoms with Crippen LogP contribution in [0.4, 0.5) is 4.39 Å². The van der Waals surface area contributed by atoms with E-state index in [1.165, 1.54) is 29.2 Å². The Labute approximate surface area is 113 Å². The molecule has 0 unspecified atom stereocenters. The summed E-state index contributed by atoms with van der Waals surface area (Å²) in [5, 5.41) is 0. The number of aromatic nitrogens is 2. The van der Waals surface area contributed by atoms with Crippen LogP contribution in [0.5, 0.6) is 0 Å². The third-order valence-corrected chi connectivity index (χ3v) is 2.86. The minimum atomic E-state index is -0.770. The monoisotopic (exact) mass is 275 g/mol. The second kappa shape index (κ2) is 5.24. The van der Waals surface area contributed by atoms with Crippen molar-refractivity contribution in [2.75, 3.05) is 0 Å². The van der Waals surface area contributed by atoms with Gasteiger partial charge in [-0.2, -0.15) is 0 Å². The number of hydrogen-bond acceptors (Lipinski definition) is 3. The number of hydrogen-bond donors (Lipinski definition) is 0. The molecule has 0 saturated heterocycles. The maximum absolute atomic E-state index is 12.9. The molecule has 0 bridgehead atoms. The quantitative estimate of drug-likeness (QED) is 0.845. The van der Waals surface area contributed by atoms with Gasteiger partial charge in [-0.05, 0) is 38.1 Å². The van der Waals surface area contributed by atoms with Crippen LogP contribution in [0.3, 0.4) is 0 Å². The molecule has 103 valence electrons. The van der Waals surface area contributed by atoms with Crippen molar-refractivity contribution in [3.05, 3.63) is 62.7 Å². The summed E-state index contributed by atoms with van der Waals surface area (Å²) in [5.41, 5.74) is -1.40. The van der Waals surface area contributed by atoms with Crippen LogP contribution in [-0.2, 0) is 4.79 Å². The summed E-state index contributed by atoms with van der Waals surface area (Å²) in [7, 11) is 0. The molecule has 0 fully saturated rings. The fourth-order valence-corrected chi connectivity index (χ4v) is 1.83. The first-order valence-electron chi connectivity index (χ1n) is 5.98. The highest BCUT2D eigenvalue weighted by atomic mass is 19.1. The third kappa shape index (κ3) is 2.32. The first kappa shape index (κ1) is 13.9. The molecule has 0 aliphatic heterocycles. The Morgan fingerprint density at radius 3 is 2.25 bits per heavy atom. The molecule has 0 amide bonds. The van der Waals surface area contributed by atoms with Crippen molar-refractivity contribution in [1.82, 2.24) is 9.13 Å². The summed E-state index contributed by atoms with van der Waals surface area (Å²) in [5.74, 6) is -0.482. The molecule has 5 nitrogen and oxygen atoms in total. The fraction of sp³-hybridized carbons (Fsp3) is 0.214. The van der Waals surface area contributed by atoms with Crippen LogP contribution in [0.2, 0.25) is 0 Å². The second-order valence-electron chi connectivity index (χ2n) is 4.55. The highest BCUT2D eigenvalue weighted by Crippen LogP contribution is 2.06. The van der Waals surface area contributed by atoms with Crippen LogP contribution in [-0.4, -0.2) is 15.4 Å². The average Bonchev–Trinajstić information content (AvgIpc) is 2.41. The SMILES string of the molecule is CC(C)n1cc([C]=O)c(=O)n(-c2ccc(F)cc2)c1=O. The van der Waals surface area contributed by atoms with E-state index in [0.29, 0.717) is 0 Å². The summed E-state index contributed by atoms with van der Waals surface area (Å²) in [6.45, 7) is 3.49. The third-order valence-electron chi connectivity index (χ3n) is 2.86. The van der Waals surface area contributed by atoms with Gasteiger partial charge in [0.25, 0.3) is 5.56 Å². The van der Waals surface area contributed by atoms with Gasteiger partial charge in [0.1, 0.15) is 11.4 Å². The van der Waals surface area contributed by atoms with Crippen molar-refractivity contribution in [2.45, 2.75) is 19.9 Å². The fourth-order valence-electron chi connectivity index (χ4n) is 1.83. The Kier molecular flexibility index (Phi) is 3.65. The van der Waals surface area contributed by atoms with Crippen LogP contribution < -0.4 is 11.2 Å². The molecule has 1 radical (unpaired) electrons. The van der Waals surface area contributed by atoms with Crippen LogP contribution >= 0.6 is 0 Å². The Hall–Kier alpha value is -2.50. The topological polar surface area (TPSA) is 61.1 Å². The van der Waals surface area contributed by atoms with Crippen molar-refractivity contribution in [2.24, 2.45) is 0 Å². The average molecular weight is 275 g/mol. The number of nitrogens with zero attached hydrogens (tertiary/aromatic N) is 2. The Morgan fingerprint density at radius 2 is 1.75 bits per heavy atom. The Bertz CT molecular complexity index is 757. The lowest BCUT2D eigenvalue weighted by Gasteiger charge is -2.13. The molecule has 0 N–H and O–H groups in total. The van der Waals surface area contributed by atoms with Crippen molar-refractivity contribution in [1.29, 1.82) is 0 Å². The summed E-state index contributed by atoms with van der Waals surface area (Å²) >= 11 is 0. The maximum atomic E-state index is 12.9. The van der Waals surface area contributed by atoms with Gasteiger partial charge in [0.15, 0.2) is 0 Å². The first-order chi connectivity index (χ1) is 9.45. The smallest absolute Gasteiger partial charge is 0.297 e. The second-order valence-corrected chi connectivity index (χ2v) is 4.55. The lowest BCUT2D eigenvalue weighted by Crippen LogP contribution is -2.40. The zero-order valence-corrected chi connectivity index (χ0v) is 11.0. The van der Waals surface area contributed by atoms with Gasteiger partial charge in [-0.15, -0.1) is 0 Å². The van der Waals surface area contributed by atoms with Gasteiger partial charge in [0.05, 0.1) is 5.69 Å². The molecule has 1 aromatic carbocycles. The Morgan fingerprint density at radius 1 is 1.15 bits per heavy atom. The molecule has 0 aliphatic carbocycles. The van der Waals surface area contributed by atoms with Crippen LogP contribution in [0.25, 0.3) is 5.69 Å². The summed E-state index contributed by atoms with van der Waals surface area (Å²) in [4.78, 5) is 35.2. The van der Waals surface area contributed by atoms with E-state index in [1.54, 1.807) is 13.8 Å². The standard InChI is InChI=1S/C14H12FN2O3/c1-9(2)16-7-10(8-18)13(19)17(14(16)20)12-5-3-11(15)4-6-12/h3-7,9H,1-2H3. The number of carbonyl (C=O) groups excluding carboxylic acids is 1. The zero-order chi connectivity index (χ0) is 14.9. The van der Waals surface area contributed by atoms with Gasteiger partial charge in [0.2, 0.25) is 6.29 Å². The van der Waals surface area contributed by atoms with E-state index < -0.39 is 17.1 Å². The van der Waals surface area contributed by atoms with E-state index in [0.717, 1.165) is 16.7 Å². The van der Waals surface area contributed by atoms with E-state index in [-0.39, 0.29) is 17.3 Å². The predicted octanol–water partition coefficient (Wildman–Crippen LogP) is 1.18. The minimum Gasteiger partial charge on any atom is -0.297 e. The molecule has 0 saturated carbocycles. The normalized spacial score (nSPS) is 10.8. The van der Waals surface area contributed by atoms with E-state index in [2.05, 4.69) is 0 Å². The molecule has 0 aliphatic rings. The molecular weight excluding hydrogens is 263 g/mol. The highest BCUT2D eigenvalue weighted by molar-refractivity contribution is 5.74. The zero-order valence-electron chi connectivity index (χ0n) is 11.0. The van der Waals surface area contributed by atoms with Gasteiger partial charge < -0.3 is 0 Å². The largest absolute Gasteiger partial charge is 0.335 e. The van der Waals surface area contributed by atoms with Gasteiger partial charge in [-0.25, -0.2) is 13.8 Å². The lowest BCUT2D eigenvalue weighted by molar-refractivity contribution is 0.538. The molecule has 6 heteroatoms. The van der Waals surface area contributed by atoms with Crippen molar-refractivity contribution >= 4 is 6.29 Å². The maximum Gasteiger partial charge on any atom is 0.335 e. The molecule has 1 heterocycles. The van der Waals surface area contributed by atoms with E-state index in [9.17, 15) is 18.8 Å². The molecular formula is C14H12FN2O3.